The normalized spacial score (nSPS) is 20.7. The van der Waals surface area contributed by atoms with Gasteiger partial charge in [0.2, 0.25) is 5.91 Å². The maximum atomic E-state index is 12.9. The maximum Gasteiger partial charge on any atom is 0.334 e. The quantitative estimate of drug-likeness (QED) is 0.597. The summed E-state index contributed by atoms with van der Waals surface area (Å²) in [5.41, 5.74) is 0.776. The molecule has 0 aliphatic carbocycles. The SMILES string of the molecule is CC(C)N1C(=O)C(=O)N(CC(=O)N2CC[C@H](C)Sc3ccccc32)C1=O. The van der Waals surface area contributed by atoms with E-state index in [0.717, 1.165) is 26.8 Å². The minimum atomic E-state index is -0.942. The van der Waals surface area contributed by atoms with E-state index in [1.807, 2.05) is 24.3 Å². The van der Waals surface area contributed by atoms with Crippen molar-refractivity contribution in [2.75, 3.05) is 18.0 Å². The highest BCUT2D eigenvalue weighted by molar-refractivity contribution is 8.00. The molecule has 1 aromatic rings. The molecule has 0 unspecified atom stereocenters. The number of urea groups is 1. The standard InChI is InChI=1S/C18H21N3O4S/c1-11(2)21-17(24)16(23)20(18(21)25)10-15(22)19-9-8-12(3)26-14-7-5-4-6-13(14)19/h4-7,11-12H,8-10H2,1-3H3/t12-/m0/s1. The zero-order valence-corrected chi connectivity index (χ0v) is 15.8. The number of amides is 5. The van der Waals surface area contributed by atoms with Gasteiger partial charge in [0.1, 0.15) is 6.54 Å². The first-order valence-corrected chi connectivity index (χ1v) is 9.44. The first-order chi connectivity index (χ1) is 12.3. The van der Waals surface area contributed by atoms with Crippen molar-refractivity contribution in [1.82, 2.24) is 9.80 Å². The van der Waals surface area contributed by atoms with E-state index in [0.29, 0.717) is 11.8 Å². The number of para-hydroxylation sites is 1. The Hall–Kier alpha value is -2.35. The van der Waals surface area contributed by atoms with Crippen LogP contribution in [0.1, 0.15) is 27.2 Å². The van der Waals surface area contributed by atoms with Crippen molar-refractivity contribution in [3.05, 3.63) is 24.3 Å². The maximum absolute atomic E-state index is 12.9. The third-order valence-electron chi connectivity index (χ3n) is 4.44. The predicted octanol–water partition coefficient (Wildman–Crippen LogP) is 2.10. The molecule has 2 heterocycles. The molecule has 0 bridgehead atoms. The molecule has 138 valence electrons. The lowest BCUT2D eigenvalue weighted by Gasteiger charge is -2.24. The number of imide groups is 2. The molecule has 5 amide bonds. The lowest BCUT2D eigenvalue weighted by Crippen LogP contribution is -2.44. The summed E-state index contributed by atoms with van der Waals surface area (Å²) in [4.78, 5) is 53.7. The largest absolute Gasteiger partial charge is 0.334 e. The summed E-state index contributed by atoms with van der Waals surface area (Å²) >= 11 is 1.70. The van der Waals surface area contributed by atoms with E-state index >= 15 is 0 Å². The van der Waals surface area contributed by atoms with Crippen LogP contribution in [-0.4, -0.2) is 57.9 Å². The van der Waals surface area contributed by atoms with E-state index in [-0.39, 0.29) is 5.91 Å². The number of rotatable bonds is 3. The molecule has 8 heteroatoms. The molecule has 0 saturated carbocycles. The first-order valence-electron chi connectivity index (χ1n) is 8.56. The van der Waals surface area contributed by atoms with Crippen LogP contribution in [0.5, 0.6) is 0 Å². The van der Waals surface area contributed by atoms with Crippen LogP contribution in [0.4, 0.5) is 10.5 Å². The van der Waals surface area contributed by atoms with Crippen LogP contribution >= 0.6 is 11.8 Å². The van der Waals surface area contributed by atoms with Gasteiger partial charge in [0.05, 0.1) is 5.69 Å². The summed E-state index contributed by atoms with van der Waals surface area (Å²) in [7, 11) is 0. The van der Waals surface area contributed by atoms with Crippen LogP contribution in [0.15, 0.2) is 29.2 Å². The summed E-state index contributed by atoms with van der Waals surface area (Å²) < 4.78 is 0. The second-order valence-corrected chi connectivity index (χ2v) is 8.15. The Labute approximate surface area is 156 Å². The van der Waals surface area contributed by atoms with Gasteiger partial charge in [-0.15, -0.1) is 11.8 Å². The van der Waals surface area contributed by atoms with Crippen molar-refractivity contribution in [2.24, 2.45) is 0 Å². The lowest BCUT2D eigenvalue weighted by molar-refractivity contribution is -0.144. The van der Waals surface area contributed by atoms with Crippen LogP contribution in [-0.2, 0) is 14.4 Å². The van der Waals surface area contributed by atoms with E-state index in [9.17, 15) is 19.2 Å². The number of benzene rings is 1. The van der Waals surface area contributed by atoms with Gasteiger partial charge in [-0.05, 0) is 32.4 Å². The number of carbonyl (C=O) groups excluding carboxylic acids is 4. The van der Waals surface area contributed by atoms with Crippen LogP contribution in [0.25, 0.3) is 0 Å². The minimum Gasteiger partial charge on any atom is -0.310 e. The molecule has 1 fully saturated rings. The molecule has 1 aromatic carbocycles. The fourth-order valence-corrected chi connectivity index (χ4v) is 4.20. The molecule has 7 nitrogen and oxygen atoms in total. The van der Waals surface area contributed by atoms with Gasteiger partial charge in [-0.2, -0.15) is 0 Å². The van der Waals surface area contributed by atoms with Gasteiger partial charge in [-0.25, -0.2) is 9.69 Å². The Morgan fingerprint density at radius 2 is 1.88 bits per heavy atom. The highest BCUT2D eigenvalue weighted by Crippen LogP contribution is 2.37. The molecule has 2 aliphatic heterocycles. The van der Waals surface area contributed by atoms with E-state index in [4.69, 9.17) is 0 Å². The second-order valence-electron chi connectivity index (χ2n) is 6.67. The van der Waals surface area contributed by atoms with E-state index in [1.54, 1.807) is 30.5 Å². The van der Waals surface area contributed by atoms with Gasteiger partial charge >= 0.3 is 17.8 Å². The molecule has 2 aliphatic rings. The van der Waals surface area contributed by atoms with Gasteiger partial charge in [-0.3, -0.25) is 19.3 Å². The summed E-state index contributed by atoms with van der Waals surface area (Å²) in [5.74, 6) is -2.19. The molecule has 0 radical (unpaired) electrons. The van der Waals surface area contributed by atoms with Crippen LogP contribution < -0.4 is 4.90 Å². The molecular formula is C18H21N3O4S. The molecular weight excluding hydrogens is 354 g/mol. The fourth-order valence-electron chi connectivity index (χ4n) is 3.08. The van der Waals surface area contributed by atoms with Crippen LogP contribution in [0.2, 0.25) is 0 Å². The topological polar surface area (TPSA) is 78.0 Å². The molecule has 26 heavy (non-hydrogen) atoms. The summed E-state index contributed by atoms with van der Waals surface area (Å²) in [6, 6.07) is 6.42. The zero-order valence-electron chi connectivity index (χ0n) is 15.0. The highest BCUT2D eigenvalue weighted by Gasteiger charge is 2.46. The van der Waals surface area contributed by atoms with Crippen LogP contribution in [0.3, 0.4) is 0 Å². The van der Waals surface area contributed by atoms with Gasteiger partial charge in [0.25, 0.3) is 0 Å². The Morgan fingerprint density at radius 1 is 1.19 bits per heavy atom. The van der Waals surface area contributed by atoms with Gasteiger partial charge in [0, 0.05) is 22.7 Å². The number of carbonyl (C=O) groups is 4. The number of hydrogen-bond donors (Lipinski definition) is 0. The van der Waals surface area contributed by atoms with Crippen LogP contribution in [0, 0.1) is 0 Å². The number of fused-ring (bicyclic) bond motifs is 1. The third-order valence-corrected chi connectivity index (χ3v) is 5.68. The van der Waals surface area contributed by atoms with Crippen molar-refractivity contribution >= 4 is 41.2 Å². The number of anilines is 1. The molecule has 1 saturated heterocycles. The molecule has 0 N–H and O–H groups in total. The summed E-state index contributed by atoms with van der Waals surface area (Å²) in [6.45, 7) is 5.47. The average molecular weight is 375 g/mol. The molecule has 3 rings (SSSR count). The number of hydrogen-bond acceptors (Lipinski definition) is 5. The molecule has 0 aromatic heterocycles. The monoisotopic (exact) mass is 375 g/mol. The summed E-state index contributed by atoms with van der Waals surface area (Å²) in [6.07, 6.45) is 0.796. The Morgan fingerprint density at radius 3 is 2.54 bits per heavy atom. The van der Waals surface area contributed by atoms with Gasteiger partial charge < -0.3 is 4.90 Å². The van der Waals surface area contributed by atoms with Crippen molar-refractivity contribution < 1.29 is 19.2 Å². The number of thioether (sulfide) groups is 1. The molecule has 1 atom stereocenters. The number of nitrogens with zero attached hydrogens (tertiary/aromatic N) is 3. The van der Waals surface area contributed by atoms with E-state index < -0.39 is 30.4 Å². The van der Waals surface area contributed by atoms with Gasteiger partial charge in [0.15, 0.2) is 0 Å². The smallest absolute Gasteiger partial charge is 0.310 e. The Bertz CT molecular complexity index is 779. The van der Waals surface area contributed by atoms with Crippen molar-refractivity contribution in [3.8, 4) is 0 Å². The van der Waals surface area contributed by atoms with Gasteiger partial charge in [-0.1, -0.05) is 19.1 Å². The lowest BCUT2D eigenvalue weighted by atomic mass is 10.2. The van der Waals surface area contributed by atoms with E-state index in [1.165, 1.54) is 0 Å². The fraction of sp³-hybridized carbons (Fsp3) is 0.444. The Kier molecular flexibility index (Phi) is 5.04. The van der Waals surface area contributed by atoms with E-state index in [2.05, 4.69) is 6.92 Å². The highest BCUT2D eigenvalue weighted by atomic mass is 32.2. The molecule has 0 spiro atoms. The second kappa shape index (κ2) is 7.11. The zero-order chi connectivity index (χ0) is 19.0. The summed E-state index contributed by atoms with van der Waals surface area (Å²) in [5, 5.41) is 0.349. The first kappa shape index (κ1) is 18.4. The van der Waals surface area contributed by atoms with Crippen molar-refractivity contribution in [1.29, 1.82) is 0 Å². The minimum absolute atomic E-state index is 0.349. The average Bonchev–Trinajstić information content (AvgIpc) is 2.73. The Balaban J connectivity index is 1.83. The van der Waals surface area contributed by atoms with Crippen molar-refractivity contribution in [3.63, 3.8) is 0 Å². The predicted molar refractivity (Wildman–Crippen MR) is 97.8 cm³/mol. The van der Waals surface area contributed by atoms with Crippen molar-refractivity contribution in [2.45, 2.75) is 43.4 Å². The third kappa shape index (κ3) is 3.21.